The topological polar surface area (TPSA) is 42.1 Å². The van der Waals surface area contributed by atoms with Crippen LogP contribution in [0.3, 0.4) is 0 Å². The molecule has 0 radical (unpaired) electrons. The summed E-state index contributed by atoms with van der Waals surface area (Å²) >= 11 is 1.73. The van der Waals surface area contributed by atoms with Crippen molar-refractivity contribution in [1.29, 1.82) is 0 Å². The first-order valence-corrected chi connectivity index (χ1v) is 9.48. The van der Waals surface area contributed by atoms with E-state index in [1.54, 1.807) is 11.3 Å². The minimum Gasteiger partial charge on any atom is -0.402 e. The quantitative estimate of drug-likeness (QED) is 0.872. The second kappa shape index (κ2) is 6.60. The average molecular weight is 342 g/mol. The van der Waals surface area contributed by atoms with Crippen molar-refractivity contribution in [3.8, 4) is 11.3 Å². The molecular formula is C20H27N3S. The Hall–Kier alpha value is -1.81. The van der Waals surface area contributed by atoms with Gasteiger partial charge in [-0.3, -0.25) is 0 Å². The molecule has 1 aromatic heterocycles. The molecule has 0 spiro atoms. The highest BCUT2D eigenvalue weighted by Gasteiger charge is 2.22. The van der Waals surface area contributed by atoms with Crippen molar-refractivity contribution in [2.45, 2.75) is 39.0 Å². The highest BCUT2D eigenvalue weighted by atomic mass is 32.1. The summed E-state index contributed by atoms with van der Waals surface area (Å²) in [6.07, 6.45) is 2.15. The minimum absolute atomic E-state index is 0.184. The number of thiazole rings is 1. The maximum atomic E-state index is 5.85. The summed E-state index contributed by atoms with van der Waals surface area (Å²) in [5, 5.41) is 3.28. The maximum absolute atomic E-state index is 5.85. The second-order valence-electron chi connectivity index (χ2n) is 7.68. The fourth-order valence-electron chi connectivity index (χ4n) is 3.12. The van der Waals surface area contributed by atoms with Gasteiger partial charge in [-0.05, 0) is 23.8 Å². The third kappa shape index (κ3) is 3.64. The van der Waals surface area contributed by atoms with Crippen molar-refractivity contribution in [3.63, 3.8) is 0 Å². The van der Waals surface area contributed by atoms with Crippen LogP contribution in [0.2, 0.25) is 0 Å². The zero-order valence-electron chi connectivity index (χ0n) is 14.9. The Labute approximate surface area is 149 Å². The van der Waals surface area contributed by atoms with Gasteiger partial charge in [0.1, 0.15) is 0 Å². The van der Waals surface area contributed by atoms with Gasteiger partial charge in [0.05, 0.1) is 5.69 Å². The number of benzene rings is 1. The van der Waals surface area contributed by atoms with Crippen LogP contribution in [0.4, 0.5) is 5.13 Å². The Balaban J connectivity index is 1.71. The van der Waals surface area contributed by atoms with Gasteiger partial charge < -0.3 is 10.6 Å². The summed E-state index contributed by atoms with van der Waals surface area (Å²) in [5.41, 5.74) is 10.5. The van der Waals surface area contributed by atoms with E-state index in [4.69, 9.17) is 10.7 Å². The smallest absolute Gasteiger partial charge is 0.185 e. The lowest BCUT2D eigenvalue weighted by Crippen LogP contribution is -2.35. The third-order valence-corrected chi connectivity index (χ3v) is 5.73. The van der Waals surface area contributed by atoms with Crippen LogP contribution in [0.1, 0.15) is 39.2 Å². The first-order valence-electron chi connectivity index (χ1n) is 8.60. The van der Waals surface area contributed by atoms with Crippen molar-refractivity contribution in [3.05, 3.63) is 47.5 Å². The summed E-state index contributed by atoms with van der Waals surface area (Å²) in [5.74, 6) is 0.464. The van der Waals surface area contributed by atoms with Crippen molar-refractivity contribution in [2.24, 2.45) is 11.7 Å². The molecule has 0 aliphatic carbocycles. The molecule has 0 amide bonds. The molecular weight excluding hydrogens is 314 g/mol. The highest BCUT2D eigenvalue weighted by Crippen LogP contribution is 2.32. The monoisotopic (exact) mass is 341 g/mol. The highest BCUT2D eigenvalue weighted by molar-refractivity contribution is 7.14. The van der Waals surface area contributed by atoms with E-state index in [0.29, 0.717) is 5.92 Å². The molecule has 2 N–H and O–H groups in total. The standard InChI is InChI=1S/C20H27N3S/c1-14(21)15-9-11-23(12-10-15)19-22-18(13-24-19)16-5-7-17(8-6-16)20(2,3)4/h5-8,13,15H,1,9-12,21H2,2-4H3. The van der Waals surface area contributed by atoms with Crippen molar-refractivity contribution in [1.82, 2.24) is 4.98 Å². The molecule has 1 aromatic carbocycles. The molecule has 0 saturated carbocycles. The predicted octanol–water partition coefficient (Wildman–Crippen LogP) is 4.80. The van der Waals surface area contributed by atoms with E-state index >= 15 is 0 Å². The van der Waals surface area contributed by atoms with E-state index in [1.807, 2.05) is 0 Å². The van der Waals surface area contributed by atoms with E-state index in [9.17, 15) is 0 Å². The van der Waals surface area contributed by atoms with Gasteiger partial charge in [0, 0.05) is 35.6 Å². The fraction of sp³-hybridized carbons (Fsp3) is 0.450. The zero-order chi connectivity index (χ0) is 17.3. The summed E-state index contributed by atoms with van der Waals surface area (Å²) in [7, 11) is 0. The van der Waals surface area contributed by atoms with Crippen LogP contribution >= 0.6 is 11.3 Å². The minimum atomic E-state index is 0.184. The Kier molecular flexibility index (Phi) is 4.68. The summed E-state index contributed by atoms with van der Waals surface area (Å²) in [6, 6.07) is 8.80. The lowest BCUT2D eigenvalue weighted by molar-refractivity contribution is 0.456. The Morgan fingerprint density at radius 2 is 1.83 bits per heavy atom. The number of allylic oxidation sites excluding steroid dienone is 1. The fourth-order valence-corrected chi connectivity index (χ4v) is 4.01. The first-order chi connectivity index (χ1) is 11.3. The molecule has 3 rings (SSSR count). The van der Waals surface area contributed by atoms with Gasteiger partial charge in [0.25, 0.3) is 0 Å². The molecule has 2 heterocycles. The van der Waals surface area contributed by atoms with Gasteiger partial charge in [-0.25, -0.2) is 4.98 Å². The SMILES string of the molecule is C=C(N)C1CCN(c2nc(-c3ccc(C(C)(C)C)cc3)cs2)CC1. The Bertz CT molecular complexity index is 701. The molecule has 0 unspecified atom stereocenters. The largest absolute Gasteiger partial charge is 0.402 e. The molecule has 1 aliphatic rings. The predicted molar refractivity (Wildman–Crippen MR) is 105 cm³/mol. The Morgan fingerprint density at radius 1 is 1.21 bits per heavy atom. The molecule has 4 heteroatoms. The molecule has 3 nitrogen and oxygen atoms in total. The molecule has 1 saturated heterocycles. The number of hydrogen-bond donors (Lipinski definition) is 1. The number of hydrogen-bond acceptors (Lipinski definition) is 4. The molecule has 1 fully saturated rings. The second-order valence-corrected chi connectivity index (χ2v) is 8.52. The molecule has 128 valence electrons. The van der Waals surface area contributed by atoms with Crippen LogP contribution in [-0.4, -0.2) is 18.1 Å². The number of nitrogens with two attached hydrogens (primary N) is 1. The van der Waals surface area contributed by atoms with E-state index in [-0.39, 0.29) is 5.41 Å². The lowest BCUT2D eigenvalue weighted by atomic mass is 9.86. The number of aromatic nitrogens is 1. The van der Waals surface area contributed by atoms with Gasteiger partial charge >= 0.3 is 0 Å². The molecule has 1 aliphatic heterocycles. The van der Waals surface area contributed by atoms with Gasteiger partial charge in [-0.1, -0.05) is 51.6 Å². The van der Waals surface area contributed by atoms with Crippen molar-refractivity contribution in [2.75, 3.05) is 18.0 Å². The van der Waals surface area contributed by atoms with Gasteiger partial charge in [0.2, 0.25) is 0 Å². The molecule has 2 aromatic rings. The van der Waals surface area contributed by atoms with Crippen molar-refractivity contribution < 1.29 is 0 Å². The maximum Gasteiger partial charge on any atom is 0.185 e. The zero-order valence-corrected chi connectivity index (χ0v) is 15.7. The first kappa shape index (κ1) is 17.0. The lowest BCUT2D eigenvalue weighted by Gasteiger charge is -2.31. The van der Waals surface area contributed by atoms with Gasteiger partial charge in [-0.2, -0.15) is 0 Å². The number of rotatable bonds is 3. The molecule has 0 bridgehead atoms. The average Bonchev–Trinajstić information content (AvgIpc) is 3.04. The van der Waals surface area contributed by atoms with Crippen LogP contribution < -0.4 is 10.6 Å². The van der Waals surface area contributed by atoms with E-state index in [2.05, 4.69) is 61.9 Å². The summed E-state index contributed by atoms with van der Waals surface area (Å²) in [4.78, 5) is 7.23. The third-order valence-electron chi connectivity index (χ3n) is 4.83. The number of nitrogens with zero attached hydrogens (tertiary/aromatic N) is 2. The van der Waals surface area contributed by atoms with Crippen LogP contribution in [0.25, 0.3) is 11.3 Å². The van der Waals surface area contributed by atoms with Gasteiger partial charge in [0.15, 0.2) is 5.13 Å². The molecule has 0 atom stereocenters. The number of anilines is 1. The van der Waals surface area contributed by atoms with Crippen molar-refractivity contribution >= 4 is 16.5 Å². The van der Waals surface area contributed by atoms with E-state index in [1.165, 1.54) is 11.1 Å². The van der Waals surface area contributed by atoms with Crippen LogP contribution in [-0.2, 0) is 5.41 Å². The van der Waals surface area contributed by atoms with E-state index < -0.39 is 0 Å². The van der Waals surface area contributed by atoms with Crippen LogP contribution in [0.15, 0.2) is 41.9 Å². The number of piperidine rings is 1. The normalized spacial score (nSPS) is 16.4. The van der Waals surface area contributed by atoms with Crippen LogP contribution in [0.5, 0.6) is 0 Å². The molecule has 24 heavy (non-hydrogen) atoms. The van der Waals surface area contributed by atoms with Crippen LogP contribution in [0, 0.1) is 5.92 Å². The van der Waals surface area contributed by atoms with Gasteiger partial charge in [-0.15, -0.1) is 11.3 Å². The summed E-state index contributed by atoms with van der Waals surface area (Å²) < 4.78 is 0. The van der Waals surface area contributed by atoms with E-state index in [0.717, 1.165) is 42.5 Å². The Morgan fingerprint density at radius 3 is 2.38 bits per heavy atom. The summed E-state index contributed by atoms with van der Waals surface area (Å²) in [6.45, 7) is 12.6.